The van der Waals surface area contributed by atoms with Crippen molar-refractivity contribution in [3.05, 3.63) is 36.4 Å². The Morgan fingerprint density at radius 1 is 1.21 bits per heavy atom. The Hall–Kier alpha value is -2.08. The Morgan fingerprint density at radius 3 is 2.88 bits per heavy atom. The minimum atomic E-state index is -0.0694. The highest BCUT2D eigenvalue weighted by Gasteiger charge is 2.23. The molecule has 0 radical (unpaired) electrons. The largest absolute Gasteiger partial charge is 0.486 e. The Labute approximate surface area is 213 Å². The third kappa shape index (κ3) is 6.95. The van der Waals surface area contributed by atoms with Gasteiger partial charge >= 0.3 is 0 Å². The van der Waals surface area contributed by atoms with E-state index >= 15 is 0 Å². The molecule has 0 aliphatic carbocycles. The summed E-state index contributed by atoms with van der Waals surface area (Å²) in [5.74, 6) is 3.40. The maximum absolute atomic E-state index is 6.09. The van der Waals surface area contributed by atoms with Gasteiger partial charge in [0.25, 0.3) is 0 Å². The van der Waals surface area contributed by atoms with E-state index in [1.54, 1.807) is 6.33 Å². The summed E-state index contributed by atoms with van der Waals surface area (Å²) < 4.78 is 14.0. The molecule has 1 aromatic heterocycles. The fraction of sp³-hybridized carbons (Fsp3) is 0.609. The molecule has 0 spiro atoms. The molecule has 2 aromatic rings. The highest BCUT2D eigenvalue weighted by Crippen LogP contribution is 2.30. The van der Waals surface area contributed by atoms with Crippen LogP contribution in [-0.2, 0) is 13.0 Å². The summed E-state index contributed by atoms with van der Waals surface area (Å²) in [5.41, 5.74) is 0. The van der Waals surface area contributed by atoms with E-state index in [-0.39, 0.29) is 30.1 Å². The van der Waals surface area contributed by atoms with Crippen LogP contribution >= 0.6 is 24.0 Å². The maximum atomic E-state index is 6.09. The lowest BCUT2D eigenvalue weighted by molar-refractivity contribution is 0.0936. The minimum Gasteiger partial charge on any atom is -0.486 e. The standard InChI is InChI=1S/C23H35N7O2.HI/c1-3-22-28-27-17-30(22)13-11-24-23(25-14-18-8-7-12-29(18)4-2)26-15-19-16-31-20-9-5-6-10-21(20)32-19;/h5-6,9-10,17-19H,3-4,7-8,11-16H2,1-2H3,(H2,24,25,26);1H. The lowest BCUT2D eigenvalue weighted by Gasteiger charge is -2.27. The van der Waals surface area contributed by atoms with Crippen LogP contribution in [0.5, 0.6) is 11.5 Å². The van der Waals surface area contributed by atoms with E-state index in [0.29, 0.717) is 19.2 Å². The van der Waals surface area contributed by atoms with Crippen LogP contribution in [0.15, 0.2) is 35.6 Å². The van der Waals surface area contributed by atoms with Crippen molar-refractivity contribution in [3.63, 3.8) is 0 Å². The summed E-state index contributed by atoms with van der Waals surface area (Å²) in [7, 11) is 0. The SMILES string of the molecule is CCc1nncn1CCNC(=NCC1CCCN1CC)NCC1COc2ccccc2O1.I. The van der Waals surface area contributed by atoms with E-state index in [0.717, 1.165) is 55.9 Å². The molecule has 9 nitrogen and oxygen atoms in total. The van der Waals surface area contributed by atoms with Crippen molar-refractivity contribution in [1.29, 1.82) is 0 Å². The van der Waals surface area contributed by atoms with Crippen molar-refractivity contribution in [2.75, 3.05) is 39.3 Å². The second kappa shape index (κ2) is 13.0. The number of nitrogens with one attached hydrogen (secondary N) is 2. The number of fused-ring (bicyclic) bond motifs is 1. The number of ether oxygens (including phenoxy) is 2. The molecule has 2 unspecified atom stereocenters. The molecule has 2 aliphatic rings. The number of hydrogen-bond acceptors (Lipinski definition) is 6. The molecule has 33 heavy (non-hydrogen) atoms. The molecule has 10 heteroatoms. The predicted molar refractivity (Wildman–Crippen MR) is 140 cm³/mol. The Morgan fingerprint density at radius 2 is 2.06 bits per heavy atom. The van der Waals surface area contributed by atoms with Crippen LogP contribution in [0, 0.1) is 0 Å². The monoisotopic (exact) mass is 569 g/mol. The lowest BCUT2D eigenvalue weighted by Crippen LogP contribution is -2.46. The lowest BCUT2D eigenvalue weighted by atomic mass is 10.2. The average molecular weight is 569 g/mol. The number of aromatic nitrogens is 3. The summed E-state index contributed by atoms with van der Waals surface area (Å²) in [6.07, 6.45) is 5.05. The van der Waals surface area contributed by atoms with E-state index in [2.05, 4.69) is 44.1 Å². The van der Waals surface area contributed by atoms with Crippen LogP contribution in [0.2, 0.25) is 0 Å². The van der Waals surface area contributed by atoms with Gasteiger partial charge in [-0.3, -0.25) is 9.89 Å². The smallest absolute Gasteiger partial charge is 0.191 e. The highest BCUT2D eigenvalue weighted by molar-refractivity contribution is 14.0. The van der Waals surface area contributed by atoms with Gasteiger partial charge < -0.3 is 24.7 Å². The Balaban J connectivity index is 0.00000306. The summed E-state index contributed by atoms with van der Waals surface area (Å²) in [6.45, 7) is 10.0. The quantitative estimate of drug-likeness (QED) is 0.272. The first-order valence-electron chi connectivity index (χ1n) is 11.8. The molecule has 2 atom stereocenters. The van der Waals surface area contributed by atoms with Gasteiger partial charge in [-0.15, -0.1) is 34.2 Å². The van der Waals surface area contributed by atoms with Crippen LogP contribution in [0.1, 0.15) is 32.5 Å². The number of hydrogen-bond donors (Lipinski definition) is 2. The van der Waals surface area contributed by atoms with Gasteiger partial charge in [0.2, 0.25) is 0 Å². The van der Waals surface area contributed by atoms with Crippen LogP contribution in [0.4, 0.5) is 0 Å². The third-order valence-electron chi connectivity index (χ3n) is 6.09. The maximum Gasteiger partial charge on any atom is 0.191 e. The number of para-hydroxylation sites is 2. The molecular weight excluding hydrogens is 533 g/mol. The summed E-state index contributed by atoms with van der Waals surface area (Å²) in [6, 6.07) is 8.31. The third-order valence-corrected chi connectivity index (χ3v) is 6.09. The average Bonchev–Trinajstić information content (AvgIpc) is 3.49. The van der Waals surface area contributed by atoms with Crippen molar-refractivity contribution < 1.29 is 9.47 Å². The molecular formula is C23H36IN7O2. The molecule has 1 saturated heterocycles. The van der Waals surface area contributed by atoms with Gasteiger partial charge in [-0.1, -0.05) is 26.0 Å². The van der Waals surface area contributed by atoms with Crippen molar-refractivity contribution in [3.8, 4) is 11.5 Å². The first-order chi connectivity index (χ1) is 15.8. The summed E-state index contributed by atoms with van der Waals surface area (Å²) in [5, 5.41) is 15.1. The molecule has 0 amide bonds. The molecule has 4 rings (SSSR count). The number of aliphatic imine (C=N–C) groups is 1. The van der Waals surface area contributed by atoms with E-state index < -0.39 is 0 Å². The van der Waals surface area contributed by atoms with E-state index in [9.17, 15) is 0 Å². The summed E-state index contributed by atoms with van der Waals surface area (Å²) >= 11 is 0. The Kier molecular flexibility index (Phi) is 10.0. The number of likely N-dealkylation sites (N-methyl/N-ethyl adjacent to an activating group) is 1. The predicted octanol–water partition coefficient (Wildman–Crippen LogP) is 2.32. The Bertz CT molecular complexity index is 891. The topological polar surface area (TPSA) is 88.8 Å². The van der Waals surface area contributed by atoms with Crippen molar-refractivity contribution in [1.82, 2.24) is 30.3 Å². The van der Waals surface area contributed by atoms with E-state index in [1.165, 1.54) is 19.4 Å². The van der Waals surface area contributed by atoms with Crippen molar-refractivity contribution >= 4 is 29.9 Å². The zero-order chi connectivity index (χ0) is 22.2. The van der Waals surface area contributed by atoms with Crippen molar-refractivity contribution in [2.45, 2.75) is 51.8 Å². The first-order valence-corrected chi connectivity index (χ1v) is 11.8. The molecule has 1 fully saturated rings. The zero-order valence-electron chi connectivity index (χ0n) is 19.6. The van der Waals surface area contributed by atoms with Gasteiger partial charge in [0, 0.05) is 25.6 Å². The molecule has 0 bridgehead atoms. The molecule has 182 valence electrons. The number of aryl methyl sites for hydroxylation is 1. The van der Waals surface area contributed by atoms with E-state index in [1.807, 2.05) is 24.3 Å². The van der Waals surface area contributed by atoms with Crippen LogP contribution < -0.4 is 20.1 Å². The van der Waals surface area contributed by atoms with Crippen LogP contribution in [-0.4, -0.2) is 77.1 Å². The number of rotatable bonds is 9. The van der Waals surface area contributed by atoms with Gasteiger partial charge in [0.15, 0.2) is 17.5 Å². The number of nitrogens with zero attached hydrogens (tertiary/aromatic N) is 5. The van der Waals surface area contributed by atoms with Gasteiger partial charge in [-0.05, 0) is 38.1 Å². The fourth-order valence-corrected chi connectivity index (χ4v) is 4.30. The molecule has 2 aliphatic heterocycles. The van der Waals surface area contributed by atoms with Gasteiger partial charge in [0.05, 0.1) is 13.1 Å². The second-order valence-electron chi connectivity index (χ2n) is 8.21. The molecule has 3 heterocycles. The van der Waals surface area contributed by atoms with Crippen LogP contribution in [0.3, 0.4) is 0 Å². The zero-order valence-corrected chi connectivity index (χ0v) is 21.9. The second-order valence-corrected chi connectivity index (χ2v) is 8.21. The minimum absolute atomic E-state index is 0. The summed E-state index contributed by atoms with van der Waals surface area (Å²) in [4.78, 5) is 7.42. The normalized spacial score (nSPS) is 20.4. The van der Waals surface area contributed by atoms with E-state index in [4.69, 9.17) is 14.5 Å². The highest BCUT2D eigenvalue weighted by atomic mass is 127. The first kappa shape index (κ1) is 25.5. The van der Waals surface area contributed by atoms with Gasteiger partial charge in [0.1, 0.15) is 24.9 Å². The van der Waals surface area contributed by atoms with Gasteiger partial charge in [-0.2, -0.15) is 0 Å². The molecule has 0 saturated carbocycles. The number of guanidine groups is 1. The number of likely N-dealkylation sites (tertiary alicyclic amines) is 1. The molecule has 1 aromatic carbocycles. The van der Waals surface area contributed by atoms with Crippen molar-refractivity contribution in [2.24, 2.45) is 4.99 Å². The number of benzene rings is 1. The fourth-order valence-electron chi connectivity index (χ4n) is 4.30. The van der Waals surface area contributed by atoms with Crippen LogP contribution in [0.25, 0.3) is 0 Å². The number of halogens is 1. The van der Waals surface area contributed by atoms with Gasteiger partial charge in [-0.25, -0.2) is 0 Å². The molecule has 2 N–H and O–H groups in total.